The van der Waals surface area contributed by atoms with Gasteiger partial charge in [-0.2, -0.15) is 0 Å². The third-order valence-electron chi connectivity index (χ3n) is 3.47. The van der Waals surface area contributed by atoms with E-state index >= 15 is 0 Å². The van der Waals surface area contributed by atoms with Crippen LogP contribution in [0.1, 0.15) is 29.8 Å². The predicted molar refractivity (Wildman–Crippen MR) is 82.7 cm³/mol. The molecule has 6 heteroatoms. The summed E-state index contributed by atoms with van der Waals surface area (Å²) < 4.78 is 0. The summed E-state index contributed by atoms with van der Waals surface area (Å²) in [6.45, 7) is 5.08. The van der Waals surface area contributed by atoms with Crippen LogP contribution in [0, 0.1) is 0 Å². The van der Waals surface area contributed by atoms with Gasteiger partial charge in [-0.25, -0.2) is 4.79 Å². The lowest BCUT2D eigenvalue weighted by Crippen LogP contribution is -2.41. The normalized spacial score (nSPS) is 10.1. The number of hydrogen-bond donors (Lipinski definition) is 1. The number of carboxylic acids is 1. The Bertz CT molecular complexity index is 536. The molecule has 0 aliphatic heterocycles. The van der Waals surface area contributed by atoms with Crippen molar-refractivity contribution in [1.29, 1.82) is 0 Å². The van der Waals surface area contributed by atoms with Gasteiger partial charge in [-0.1, -0.05) is 12.1 Å². The first-order valence-corrected chi connectivity index (χ1v) is 7.23. The molecule has 0 atom stereocenters. The monoisotopic (exact) mass is 306 g/mol. The molecule has 6 nitrogen and oxygen atoms in total. The number of carboxylic acid groups (broad SMARTS) is 1. The third kappa shape index (κ3) is 4.87. The number of amides is 2. The number of aromatic carboxylic acids is 1. The summed E-state index contributed by atoms with van der Waals surface area (Å²) in [5.74, 6) is -1.26. The maximum Gasteiger partial charge on any atom is 0.335 e. The van der Waals surface area contributed by atoms with Crippen LogP contribution in [-0.2, 0) is 16.0 Å². The third-order valence-corrected chi connectivity index (χ3v) is 3.47. The standard InChI is InChI=1S/C16H22N2O4/c1-4-18(5-2)15(20)11-17(3)14(19)10-12-6-8-13(9-7-12)16(21)22/h6-9H,4-5,10-11H2,1-3H3,(H,21,22). The van der Waals surface area contributed by atoms with Gasteiger partial charge in [-0.15, -0.1) is 0 Å². The first-order chi connectivity index (χ1) is 10.4. The molecule has 0 unspecified atom stereocenters. The van der Waals surface area contributed by atoms with Gasteiger partial charge in [-0.05, 0) is 31.5 Å². The first-order valence-electron chi connectivity index (χ1n) is 7.23. The van der Waals surface area contributed by atoms with Crippen LogP contribution in [0.5, 0.6) is 0 Å². The average molecular weight is 306 g/mol. The summed E-state index contributed by atoms with van der Waals surface area (Å²) in [4.78, 5) is 37.9. The van der Waals surface area contributed by atoms with Gasteiger partial charge < -0.3 is 14.9 Å². The molecule has 0 spiro atoms. The Balaban J connectivity index is 2.60. The number of carbonyl (C=O) groups excluding carboxylic acids is 2. The molecule has 0 bridgehead atoms. The minimum absolute atomic E-state index is 0.0493. The quantitative estimate of drug-likeness (QED) is 0.822. The highest BCUT2D eigenvalue weighted by Gasteiger charge is 2.16. The summed E-state index contributed by atoms with van der Waals surface area (Å²) in [6.07, 6.45) is 0.141. The topological polar surface area (TPSA) is 77.9 Å². The van der Waals surface area contributed by atoms with E-state index < -0.39 is 5.97 Å². The molecule has 1 aromatic rings. The maximum absolute atomic E-state index is 12.1. The molecule has 2 amide bonds. The Morgan fingerprint density at radius 2 is 1.55 bits per heavy atom. The van der Waals surface area contributed by atoms with Crippen molar-refractivity contribution in [3.63, 3.8) is 0 Å². The van der Waals surface area contributed by atoms with Gasteiger partial charge >= 0.3 is 5.97 Å². The van der Waals surface area contributed by atoms with Crippen LogP contribution in [0.2, 0.25) is 0 Å². The Morgan fingerprint density at radius 3 is 2.00 bits per heavy atom. The molecule has 1 N–H and O–H groups in total. The minimum atomic E-state index is -1.00. The summed E-state index contributed by atoms with van der Waals surface area (Å²) in [5, 5.41) is 8.83. The Hall–Kier alpha value is -2.37. The predicted octanol–water partition coefficient (Wildman–Crippen LogP) is 1.25. The van der Waals surface area contributed by atoms with Crippen molar-refractivity contribution in [2.75, 3.05) is 26.7 Å². The highest BCUT2D eigenvalue weighted by molar-refractivity contribution is 5.88. The van der Waals surface area contributed by atoms with Gasteiger partial charge in [0.1, 0.15) is 0 Å². The van der Waals surface area contributed by atoms with Crippen LogP contribution in [-0.4, -0.2) is 59.4 Å². The fourth-order valence-electron chi connectivity index (χ4n) is 2.04. The lowest BCUT2D eigenvalue weighted by atomic mass is 10.1. The van der Waals surface area contributed by atoms with Crippen molar-refractivity contribution >= 4 is 17.8 Å². The second-order valence-electron chi connectivity index (χ2n) is 4.99. The number of likely N-dealkylation sites (N-methyl/N-ethyl adjacent to an activating group) is 2. The second-order valence-corrected chi connectivity index (χ2v) is 4.99. The van der Waals surface area contributed by atoms with E-state index in [2.05, 4.69) is 0 Å². The summed E-state index contributed by atoms with van der Waals surface area (Å²) in [7, 11) is 1.59. The number of hydrogen-bond acceptors (Lipinski definition) is 3. The van der Waals surface area contributed by atoms with E-state index in [1.807, 2.05) is 13.8 Å². The van der Waals surface area contributed by atoms with Crippen LogP contribution in [0.25, 0.3) is 0 Å². The van der Waals surface area contributed by atoms with Crippen LogP contribution in [0.4, 0.5) is 0 Å². The second kappa shape index (κ2) is 8.17. The number of nitrogens with zero attached hydrogens (tertiary/aromatic N) is 2. The molecule has 0 heterocycles. The fourth-order valence-corrected chi connectivity index (χ4v) is 2.04. The van der Waals surface area contributed by atoms with E-state index in [4.69, 9.17) is 5.11 Å². The van der Waals surface area contributed by atoms with Gasteiger partial charge in [0, 0.05) is 20.1 Å². The van der Waals surface area contributed by atoms with Gasteiger partial charge in [-0.3, -0.25) is 9.59 Å². The van der Waals surface area contributed by atoms with Gasteiger partial charge in [0.05, 0.1) is 18.5 Å². The van der Waals surface area contributed by atoms with Gasteiger partial charge in [0.2, 0.25) is 11.8 Å². The molecule has 0 radical (unpaired) electrons. The largest absolute Gasteiger partial charge is 0.478 e. The zero-order chi connectivity index (χ0) is 16.7. The van der Waals surface area contributed by atoms with Crippen LogP contribution in [0.3, 0.4) is 0 Å². The number of rotatable bonds is 7. The molecular formula is C16H22N2O4. The molecule has 120 valence electrons. The molecule has 0 aliphatic carbocycles. The Kier molecular flexibility index (Phi) is 6.56. The van der Waals surface area contributed by atoms with Crippen LogP contribution < -0.4 is 0 Å². The van der Waals surface area contributed by atoms with Crippen molar-refractivity contribution in [2.24, 2.45) is 0 Å². The lowest BCUT2D eigenvalue weighted by molar-refractivity contribution is -0.138. The first kappa shape index (κ1) is 17.7. The molecule has 22 heavy (non-hydrogen) atoms. The van der Waals surface area contributed by atoms with Crippen molar-refractivity contribution < 1.29 is 19.5 Å². The molecule has 1 aromatic carbocycles. The number of benzene rings is 1. The molecular weight excluding hydrogens is 284 g/mol. The van der Waals surface area contributed by atoms with Crippen molar-refractivity contribution in [1.82, 2.24) is 9.80 Å². The Labute approximate surface area is 130 Å². The van der Waals surface area contributed by atoms with E-state index in [0.717, 1.165) is 5.56 Å². The van der Waals surface area contributed by atoms with Crippen molar-refractivity contribution in [3.05, 3.63) is 35.4 Å². The summed E-state index contributed by atoms with van der Waals surface area (Å²) in [6, 6.07) is 6.15. The lowest BCUT2D eigenvalue weighted by Gasteiger charge is -2.23. The molecule has 0 saturated heterocycles. The Morgan fingerprint density at radius 1 is 1.00 bits per heavy atom. The van der Waals surface area contributed by atoms with Crippen LogP contribution in [0.15, 0.2) is 24.3 Å². The SMILES string of the molecule is CCN(CC)C(=O)CN(C)C(=O)Cc1ccc(C(=O)O)cc1. The molecule has 0 aliphatic rings. The smallest absolute Gasteiger partial charge is 0.335 e. The van der Waals surface area contributed by atoms with Gasteiger partial charge in [0.15, 0.2) is 0 Å². The summed E-state index contributed by atoms with van der Waals surface area (Å²) >= 11 is 0. The van der Waals surface area contributed by atoms with Crippen LogP contribution >= 0.6 is 0 Å². The zero-order valence-corrected chi connectivity index (χ0v) is 13.2. The highest BCUT2D eigenvalue weighted by atomic mass is 16.4. The fraction of sp³-hybridized carbons (Fsp3) is 0.438. The highest BCUT2D eigenvalue weighted by Crippen LogP contribution is 2.07. The number of carbonyl (C=O) groups is 3. The maximum atomic E-state index is 12.1. The van der Waals surface area contributed by atoms with E-state index in [-0.39, 0.29) is 30.3 Å². The van der Waals surface area contributed by atoms with E-state index in [1.54, 1.807) is 24.1 Å². The molecule has 0 saturated carbocycles. The molecule has 0 aromatic heterocycles. The zero-order valence-electron chi connectivity index (χ0n) is 13.2. The van der Waals surface area contributed by atoms with Crippen molar-refractivity contribution in [2.45, 2.75) is 20.3 Å². The molecule has 1 rings (SSSR count). The van der Waals surface area contributed by atoms with E-state index in [9.17, 15) is 14.4 Å². The summed E-state index contributed by atoms with van der Waals surface area (Å²) in [5.41, 5.74) is 0.901. The average Bonchev–Trinajstić information content (AvgIpc) is 2.48. The van der Waals surface area contributed by atoms with Gasteiger partial charge in [0.25, 0.3) is 0 Å². The van der Waals surface area contributed by atoms with Crippen molar-refractivity contribution in [3.8, 4) is 0 Å². The minimum Gasteiger partial charge on any atom is -0.478 e. The molecule has 0 fully saturated rings. The van der Waals surface area contributed by atoms with E-state index in [1.165, 1.54) is 17.0 Å². The van der Waals surface area contributed by atoms with E-state index in [0.29, 0.717) is 13.1 Å².